The zero-order valence-corrected chi connectivity index (χ0v) is 20.0. The second-order valence-electron chi connectivity index (χ2n) is 9.47. The van der Waals surface area contributed by atoms with Crippen LogP contribution in [0.4, 0.5) is 0 Å². The van der Waals surface area contributed by atoms with Gasteiger partial charge in [0.15, 0.2) is 0 Å². The first kappa shape index (κ1) is 21.1. The molecular weight excluding hydrogens is 456 g/mol. The van der Waals surface area contributed by atoms with Gasteiger partial charge < -0.3 is 4.74 Å². The Kier molecular flexibility index (Phi) is 5.18. The number of fused-ring (bicyclic) bond motifs is 2. The van der Waals surface area contributed by atoms with E-state index in [4.69, 9.17) is 16.3 Å². The number of ether oxygens (including phenoxy) is 1. The summed E-state index contributed by atoms with van der Waals surface area (Å²) in [5.41, 5.74) is 3.88. The van der Waals surface area contributed by atoms with Gasteiger partial charge in [0.2, 0.25) is 11.8 Å². The first-order chi connectivity index (χ1) is 16.0. The van der Waals surface area contributed by atoms with Gasteiger partial charge in [0.1, 0.15) is 5.75 Å². The van der Waals surface area contributed by atoms with E-state index in [9.17, 15) is 9.59 Å². The minimum Gasteiger partial charge on any atom is -0.490 e. The predicted octanol–water partition coefficient (Wildman–Crippen LogP) is 6.14. The average Bonchev–Trinajstić information content (AvgIpc) is 3.44. The summed E-state index contributed by atoms with van der Waals surface area (Å²) in [5.74, 6) is 0.691. The maximum absolute atomic E-state index is 12.4. The highest BCUT2D eigenvalue weighted by Crippen LogP contribution is 2.48. The van der Waals surface area contributed by atoms with Gasteiger partial charge in [0.25, 0.3) is 0 Å². The number of nitrogens with zero attached hydrogens (tertiary/aromatic N) is 2. The molecule has 0 bridgehead atoms. The molecule has 3 fully saturated rings. The van der Waals surface area contributed by atoms with Gasteiger partial charge in [-0.3, -0.25) is 19.5 Å². The van der Waals surface area contributed by atoms with Gasteiger partial charge >= 0.3 is 0 Å². The van der Waals surface area contributed by atoms with E-state index in [0.717, 1.165) is 56.8 Å². The quantitative estimate of drug-likeness (QED) is 0.411. The van der Waals surface area contributed by atoms with Crippen molar-refractivity contribution in [1.82, 2.24) is 9.88 Å². The molecule has 6 rings (SSSR count). The summed E-state index contributed by atoms with van der Waals surface area (Å²) in [6.07, 6.45) is 8.60. The topological polar surface area (TPSA) is 59.5 Å². The predicted molar refractivity (Wildman–Crippen MR) is 129 cm³/mol. The molecule has 1 aliphatic heterocycles. The summed E-state index contributed by atoms with van der Waals surface area (Å²) in [6.45, 7) is 2.37. The fraction of sp³-hybridized carbons (Fsp3) is 0.423. The second kappa shape index (κ2) is 8.10. The number of imide groups is 1. The number of aromatic nitrogens is 1. The Morgan fingerprint density at radius 2 is 1.85 bits per heavy atom. The number of piperidine rings is 1. The van der Waals surface area contributed by atoms with Crippen molar-refractivity contribution in [3.05, 3.63) is 45.9 Å². The van der Waals surface area contributed by atoms with Gasteiger partial charge in [-0.25, -0.2) is 0 Å². The number of amides is 2. The molecule has 3 heterocycles. The van der Waals surface area contributed by atoms with Crippen molar-refractivity contribution < 1.29 is 14.3 Å². The van der Waals surface area contributed by atoms with Gasteiger partial charge in [0, 0.05) is 27.2 Å². The number of rotatable bonds is 5. The monoisotopic (exact) mass is 480 g/mol. The maximum atomic E-state index is 12.4. The number of pyridine rings is 1. The summed E-state index contributed by atoms with van der Waals surface area (Å²) >= 11 is 8.07. The molecule has 0 spiro atoms. The molecule has 33 heavy (non-hydrogen) atoms. The van der Waals surface area contributed by atoms with E-state index in [2.05, 4.69) is 4.98 Å². The van der Waals surface area contributed by atoms with Crippen LogP contribution in [-0.4, -0.2) is 27.8 Å². The third-order valence-electron chi connectivity index (χ3n) is 7.10. The molecule has 0 N–H and O–H groups in total. The number of benzene rings is 1. The molecule has 2 unspecified atom stereocenters. The third-order valence-corrected chi connectivity index (χ3v) is 8.46. The van der Waals surface area contributed by atoms with Gasteiger partial charge in [-0.05, 0) is 68.9 Å². The number of hydrogen-bond donors (Lipinski definition) is 0. The highest BCUT2D eigenvalue weighted by molar-refractivity contribution is 7.19. The van der Waals surface area contributed by atoms with E-state index >= 15 is 0 Å². The van der Waals surface area contributed by atoms with Gasteiger partial charge in [0.05, 0.1) is 34.7 Å². The first-order valence-corrected chi connectivity index (χ1v) is 12.9. The molecule has 2 atom stereocenters. The fourth-order valence-electron chi connectivity index (χ4n) is 5.28. The smallest absolute Gasteiger partial charge is 0.233 e. The third kappa shape index (κ3) is 3.73. The summed E-state index contributed by atoms with van der Waals surface area (Å²) in [7, 11) is 0. The van der Waals surface area contributed by atoms with Crippen LogP contribution in [0.1, 0.15) is 49.0 Å². The van der Waals surface area contributed by atoms with E-state index < -0.39 is 0 Å². The number of likely N-dealkylation sites (tertiary alicyclic amines) is 1. The van der Waals surface area contributed by atoms with Crippen LogP contribution in [0, 0.1) is 18.8 Å². The summed E-state index contributed by atoms with van der Waals surface area (Å²) in [5, 5.41) is 0.674. The standard InChI is InChI=1S/C26H25ClN2O3S/c1-14-9-15(27)10-19(23(14)32-16-5-3-2-4-6-16)18-7-8-28-22-11-17(33-24(18)22)13-29-25(30)20-12-21(20)26(29)31/h7-11,16,20-21H,2-6,12-13H2,1H3. The molecule has 7 heteroatoms. The molecule has 2 aromatic heterocycles. The summed E-state index contributed by atoms with van der Waals surface area (Å²) in [6, 6.07) is 7.93. The lowest BCUT2D eigenvalue weighted by atomic mass is 9.97. The zero-order chi connectivity index (χ0) is 22.7. The SMILES string of the molecule is Cc1cc(Cl)cc(-c2ccnc3cc(CN4C(=O)C5CC5C4=O)sc23)c1OC1CCCCC1. The Morgan fingerprint density at radius 1 is 1.09 bits per heavy atom. The maximum Gasteiger partial charge on any atom is 0.233 e. The minimum absolute atomic E-state index is 0.0238. The van der Waals surface area contributed by atoms with Crippen molar-refractivity contribution in [2.24, 2.45) is 11.8 Å². The molecule has 3 aliphatic rings. The number of carbonyl (C=O) groups excluding carboxylic acids is 2. The van der Waals surface area contributed by atoms with E-state index in [1.807, 2.05) is 31.2 Å². The summed E-state index contributed by atoms with van der Waals surface area (Å²) < 4.78 is 7.58. The lowest BCUT2D eigenvalue weighted by Gasteiger charge is -2.25. The summed E-state index contributed by atoms with van der Waals surface area (Å²) in [4.78, 5) is 31.8. The van der Waals surface area contributed by atoms with E-state index in [0.29, 0.717) is 11.6 Å². The number of hydrogen-bond acceptors (Lipinski definition) is 5. The lowest BCUT2D eigenvalue weighted by molar-refractivity contribution is -0.141. The number of thiophene rings is 1. The number of halogens is 1. The Labute approximate surface area is 201 Å². The molecule has 2 saturated carbocycles. The molecule has 1 aromatic carbocycles. The molecule has 5 nitrogen and oxygen atoms in total. The van der Waals surface area contributed by atoms with Crippen LogP contribution in [0.3, 0.4) is 0 Å². The van der Waals surface area contributed by atoms with E-state index in [-0.39, 0.29) is 29.8 Å². The Morgan fingerprint density at radius 3 is 2.61 bits per heavy atom. The van der Waals surface area contributed by atoms with Gasteiger partial charge in [-0.1, -0.05) is 18.0 Å². The normalized spacial score (nSPS) is 22.8. The van der Waals surface area contributed by atoms with Crippen molar-refractivity contribution in [3.8, 4) is 16.9 Å². The Balaban J connectivity index is 1.38. The molecule has 1 saturated heterocycles. The molecule has 3 aromatic rings. The van der Waals surface area contributed by atoms with E-state index in [1.165, 1.54) is 24.2 Å². The molecule has 170 valence electrons. The average molecular weight is 481 g/mol. The zero-order valence-electron chi connectivity index (χ0n) is 18.5. The lowest BCUT2D eigenvalue weighted by Crippen LogP contribution is -2.31. The van der Waals surface area contributed by atoms with Crippen molar-refractivity contribution in [2.45, 2.75) is 58.1 Å². The number of carbonyl (C=O) groups is 2. The van der Waals surface area contributed by atoms with Crippen LogP contribution in [0.15, 0.2) is 30.5 Å². The van der Waals surface area contributed by atoms with Crippen molar-refractivity contribution in [2.75, 3.05) is 0 Å². The Bertz CT molecular complexity index is 1260. The molecule has 0 radical (unpaired) electrons. The van der Waals surface area contributed by atoms with Gasteiger partial charge in [-0.2, -0.15) is 0 Å². The number of aryl methyl sites for hydroxylation is 1. The van der Waals surface area contributed by atoms with Crippen LogP contribution in [0.2, 0.25) is 5.02 Å². The van der Waals surface area contributed by atoms with Crippen LogP contribution >= 0.6 is 22.9 Å². The van der Waals surface area contributed by atoms with Crippen LogP contribution in [0.25, 0.3) is 21.3 Å². The molecule has 2 amide bonds. The minimum atomic E-state index is -0.0745. The van der Waals surface area contributed by atoms with E-state index in [1.54, 1.807) is 17.5 Å². The molecular formula is C26H25ClN2O3S. The first-order valence-electron chi connectivity index (χ1n) is 11.7. The second-order valence-corrected chi connectivity index (χ2v) is 11.0. The highest BCUT2D eigenvalue weighted by Gasteiger charge is 2.58. The van der Waals surface area contributed by atoms with Crippen molar-refractivity contribution in [3.63, 3.8) is 0 Å². The largest absolute Gasteiger partial charge is 0.490 e. The van der Waals surface area contributed by atoms with Crippen LogP contribution in [0.5, 0.6) is 5.75 Å². The van der Waals surface area contributed by atoms with Crippen molar-refractivity contribution in [1.29, 1.82) is 0 Å². The molecule has 2 aliphatic carbocycles. The fourth-order valence-corrected chi connectivity index (χ4v) is 6.68. The Hall–Kier alpha value is -2.44. The highest BCUT2D eigenvalue weighted by atomic mass is 35.5. The van der Waals surface area contributed by atoms with Gasteiger partial charge in [-0.15, -0.1) is 11.3 Å². The van der Waals surface area contributed by atoms with Crippen LogP contribution in [-0.2, 0) is 16.1 Å². The van der Waals surface area contributed by atoms with Crippen LogP contribution < -0.4 is 4.74 Å². The van der Waals surface area contributed by atoms with Crippen molar-refractivity contribution >= 4 is 45.0 Å².